The molecule has 0 spiro atoms. The highest BCUT2D eigenvalue weighted by molar-refractivity contribution is 5.26. The summed E-state index contributed by atoms with van der Waals surface area (Å²) in [6.45, 7) is 13.5. The predicted octanol–water partition coefficient (Wildman–Crippen LogP) is 2.91. The van der Waals surface area contributed by atoms with Gasteiger partial charge in [-0.2, -0.15) is 0 Å². The molecule has 0 bridgehead atoms. The lowest BCUT2D eigenvalue weighted by atomic mass is 10.0. The second kappa shape index (κ2) is 7.14. The highest BCUT2D eigenvalue weighted by Crippen LogP contribution is 2.26. The van der Waals surface area contributed by atoms with Crippen molar-refractivity contribution in [3.8, 4) is 0 Å². The van der Waals surface area contributed by atoms with E-state index in [1.165, 1.54) is 5.56 Å². The number of aryl methyl sites for hydroxylation is 2. The highest BCUT2D eigenvalue weighted by Gasteiger charge is 2.28. The van der Waals surface area contributed by atoms with Crippen molar-refractivity contribution in [3.05, 3.63) is 22.8 Å². The van der Waals surface area contributed by atoms with E-state index in [2.05, 4.69) is 49.9 Å². The number of nitrogens with zero attached hydrogens (tertiary/aromatic N) is 2. The van der Waals surface area contributed by atoms with Crippen molar-refractivity contribution in [1.29, 1.82) is 0 Å². The first-order valence-corrected chi connectivity index (χ1v) is 7.47. The smallest absolute Gasteiger partial charge is 0.160 e. The summed E-state index contributed by atoms with van der Waals surface area (Å²) in [5.41, 5.74) is 2.98. The zero-order chi connectivity index (χ0) is 15.3. The number of aromatic nitrogens is 2. The Balaban J connectivity index is 2.97. The fourth-order valence-corrected chi connectivity index (χ4v) is 2.22. The number of ether oxygens (including phenoxy) is 1. The van der Waals surface area contributed by atoms with Gasteiger partial charge in [0.25, 0.3) is 0 Å². The minimum atomic E-state index is -0.399. The average Bonchev–Trinajstić information content (AvgIpc) is 2.40. The van der Waals surface area contributed by atoms with Crippen LogP contribution in [0.25, 0.3) is 0 Å². The minimum absolute atomic E-state index is 0.399. The van der Waals surface area contributed by atoms with E-state index in [-0.39, 0.29) is 0 Å². The van der Waals surface area contributed by atoms with Gasteiger partial charge in [0, 0.05) is 24.5 Å². The zero-order valence-electron chi connectivity index (χ0n) is 14.0. The topological polar surface area (TPSA) is 47.0 Å². The summed E-state index contributed by atoms with van der Waals surface area (Å²) in [4.78, 5) is 9.36. The van der Waals surface area contributed by atoms with Gasteiger partial charge in [-0.1, -0.05) is 20.8 Å². The molecule has 1 rings (SSSR count). The summed E-state index contributed by atoms with van der Waals surface area (Å²) >= 11 is 0. The molecule has 1 N–H and O–H groups in total. The molecule has 0 aliphatic carbocycles. The van der Waals surface area contributed by atoms with E-state index < -0.39 is 5.60 Å². The van der Waals surface area contributed by atoms with Gasteiger partial charge in [0.05, 0.1) is 0 Å². The van der Waals surface area contributed by atoms with Gasteiger partial charge in [-0.3, -0.25) is 0 Å². The van der Waals surface area contributed by atoms with Crippen LogP contribution >= 0.6 is 0 Å². The van der Waals surface area contributed by atoms with Gasteiger partial charge >= 0.3 is 0 Å². The fraction of sp³-hybridized carbons (Fsp3) is 0.750. The zero-order valence-corrected chi connectivity index (χ0v) is 14.0. The average molecular weight is 279 g/mol. The molecule has 0 saturated carbocycles. The van der Waals surface area contributed by atoms with Crippen molar-refractivity contribution in [2.24, 2.45) is 0 Å². The molecule has 1 heterocycles. The Kier molecular flexibility index (Phi) is 6.08. The van der Waals surface area contributed by atoms with Crippen LogP contribution in [0.5, 0.6) is 0 Å². The molecular weight excluding hydrogens is 250 g/mol. The van der Waals surface area contributed by atoms with E-state index in [0.29, 0.717) is 6.04 Å². The summed E-state index contributed by atoms with van der Waals surface area (Å²) in [5.74, 6) is 0.790. The molecule has 20 heavy (non-hydrogen) atoms. The van der Waals surface area contributed by atoms with E-state index >= 15 is 0 Å². The third-order valence-electron chi connectivity index (χ3n) is 3.95. The molecular formula is C16H29N3O. The van der Waals surface area contributed by atoms with Gasteiger partial charge in [0.2, 0.25) is 0 Å². The molecule has 0 aliphatic heterocycles. The van der Waals surface area contributed by atoms with Gasteiger partial charge in [-0.15, -0.1) is 0 Å². The monoisotopic (exact) mass is 279 g/mol. The first-order valence-electron chi connectivity index (χ1n) is 7.47. The van der Waals surface area contributed by atoms with Crippen LogP contribution in [0.4, 0.5) is 0 Å². The highest BCUT2D eigenvalue weighted by atomic mass is 16.5. The summed E-state index contributed by atoms with van der Waals surface area (Å²) in [6, 6.07) is 0.507. The number of hydrogen-bond acceptors (Lipinski definition) is 4. The van der Waals surface area contributed by atoms with Crippen LogP contribution in [0.3, 0.4) is 0 Å². The van der Waals surface area contributed by atoms with Crippen LogP contribution in [-0.2, 0) is 16.8 Å². The lowest BCUT2D eigenvalue weighted by Crippen LogP contribution is -2.28. The molecule has 1 aromatic heterocycles. The fourth-order valence-electron chi connectivity index (χ4n) is 2.22. The maximum atomic E-state index is 5.60. The van der Waals surface area contributed by atoms with Crippen LogP contribution in [0.2, 0.25) is 0 Å². The van der Waals surface area contributed by atoms with Gasteiger partial charge in [-0.25, -0.2) is 9.97 Å². The normalized spacial score (nSPS) is 14.6. The SMILES string of the molecule is CCC(C)(OC)c1nc(C)c(CCNC(C)C)c(C)n1. The second-order valence-electron chi connectivity index (χ2n) is 5.84. The van der Waals surface area contributed by atoms with Gasteiger partial charge in [0.1, 0.15) is 5.60 Å². The maximum Gasteiger partial charge on any atom is 0.160 e. The molecule has 0 amide bonds. The summed E-state index contributed by atoms with van der Waals surface area (Å²) < 4.78 is 5.60. The Morgan fingerprint density at radius 3 is 2.15 bits per heavy atom. The molecule has 1 atom stereocenters. The Labute approximate surface area is 123 Å². The van der Waals surface area contributed by atoms with E-state index in [0.717, 1.165) is 36.6 Å². The second-order valence-corrected chi connectivity index (χ2v) is 5.84. The number of nitrogens with one attached hydrogen (secondary N) is 1. The quantitative estimate of drug-likeness (QED) is 0.833. The van der Waals surface area contributed by atoms with E-state index in [1.807, 2.05) is 6.92 Å². The van der Waals surface area contributed by atoms with Crippen molar-refractivity contribution in [2.45, 2.75) is 66.0 Å². The van der Waals surface area contributed by atoms with Crippen molar-refractivity contribution in [2.75, 3.05) is 13.7 Å². The van der Waals surface area contributed by atoms with E-state index in [4.69, 9.17) is 4.74 Å². The minimum Gasteiger partial charge on any atom is -0.371 e. The van der Waals surface area contributed by atoms with Crippen LogP contribution in [0.1, 0.15) is 56.9 Å². The largest absolute Gasteiger partial charge is 0.371 e. The summed E-state index contributed by atoms with van der Waals surface area (Å²) in [7, 11) is 1.72. The predicted molar refractivity (Wildman–Crippen MR) is 83.0 cm³/mol. The molecule has 0 fully saturated rings. The number of methoxy groups -OCH3 is 1. The summed E-state index contributed by atoms with van der Waals surface area (Å²) in [6.07, 6.45) is 1.82. The molecule has 4 nitrogen and oxygen atoms in total. The molecule has 0 radical (unpaired) electrons. The first kappa shape index (κ1) is 17.1. The van der Waals surface area contributed by atoms with Crippen LogP contribution in [0.15, 0.2) is 0 Å². The van der Waals surface area contributed by atoms with Crippen LogP contribution in [-0.4, -0.2) is 29.7 Å². The third kappa shape index (κ3) is 4.00. The van der Waals surface area contributed by atoms with Crippen molar-refractivity contribution >= 4 is 0 Å². The van der Waals surface area contributed by atoms with Crippen molar-refractivity contribution < 1.29 is 4.74 Å². The first-order chi connectivity index (χ1) is 9.34. The molecule has 4 heteroatoms. The molecule has 0 aromatic carbocycles. The molecule has 114 valence electrons. The van der Waals surface area contributed by atoms with Crippen molar-refractivity contribution in [1.82, 2.24) is 15.3 Å². The standard InChI is InChI=1S/C16H29N3O/c1-8-16(6,20-7)15-18-12(4)14(13(5)19-15)9-10-17-11(2)3/h11,17H,8-10H2,1-7H3. The van der Waals surface area contributed by atoms with Gasteiger partial charge < -0.3 is 10.1 Å². The van der Waals surface area contributed by atoms with Gasteiger partial charge in [-0.05, 0) is 45.7 Å². The Hall–Kier alpha value is -1.00. The van der Waals surface area contributed by atoms with Crippen LogP contribution < -0.4 is 5.32 Å². The van der Waals surface area contributed by atoms with Gasteiger partial charge in [0.15, 0.2) is 5.82 Å². The maximum absolute atomic E-state index is 5.60. The summed E-state index contributed by atoms with van der Waals surface area (Å²) in [5, 5.41) is 3.44. The Bertz CT molecular complexity index is 416. The number of hydrogen-bond donors (Lipinski definition) is 1. The van der Waals surface area contributed by atoms with Crippen LogP contribution in [0, 0.1) is 13.8 Å². The van der Waals surface area contributed by atoms with E-state index in [9.17, 15) is 0 Å². The lowest BCUT2D eigenvalue weighted by Gasteiger charge is -2.26. The van der Waals surface area contributed by atoms with E-state index in [1.54, 1.807) is 7.11 Å². The van der Waals surface area contributed by atoms with Crippen molar-refractivity contribution in [3.63, 3.8) is 0 Å². The Morgan fingerprint density at radius 1 is 1.20 bits per heavy atom. The molecule has 1 aromatic rings. The molecule has 0 aliphatic rings. The molecule has 0 saturated heterocycles. The third-order valence-corrected chi connectivity index (χ3v) is 3.95. The lowest BCUT2D eigenvalue weighted by molar-refractivity contribution is -0.00928. The molecule has 1 unspecified atom stereocenters. The number of rotatable bonds is 7. The Morgan fingerprint density at radius 2 is 1.75 bits per heavy atom.